The molecule has 2 N–H and O–H groups in total. The standard InChI is InChI=1S/C8H16N2O3S/c1-2-14(12,13)10-7-5-3-4-6-9-8(7)11/h7,10H,2-6H2,1H3,(H,9,11). The Balaban J connectivity index is 2.61. The molecule has 6 heteroatoms. The van der Waals surface area contributed by atoms with Crippen molar-refractivity contribution in [2.24, 2.45) is 0 Å². The van der Waals surface area contributed by atoms with Gasteiger partial charge in [0.1, 0.15) is 6.04 Å². The van der Waals surface area contributed by atoms with Crippen LogP contribution in [0.5, 0.6) is 0 Å². The Morgan fingerprint density at radius 1 is 1.50 bits per heavy atom. The van der Waals surface area contributed by atoms with Crippen molar-refractivity contribution in [3.05, 3.63) is 0 Å². The van der Waals surface area contributed by atoms with E-state index in [9.17, 15) is 13.2 Å². The van der Waals surface area contributed by atoms with E-state index in [1.807, 2.05) is 0 Å². The van der Waals surface area contributed by atoms with Crippen molar-refractivity contribution in [2.45, 2.75) is 32.2 Å². The van der Waals surface area contributed by atoms with Gasteiger partial charge in [-0.1, -0.05) is 0 Å². The van der Waals surface area contributed by atoms with E-state index < -0.39 is 16.1 Å². The van der Waals surface area contributed by atoms with Crippen LogP contribution in [0.3, 0.4) is 0 Å². The van der Waals surface area contributed by atoms with Gasteiger partial charge in [0.05, 0.1) is 5.75 Å². The predicted molar refractivity (Wildman–Crippen MR) is 53.2 cm³/mol. The third-order valence-electron chi connectivity index (χ3n) is 2.24. The van der Waals surface area contributed by atoms with Crippen molar-refractivity contribution in [2.75, 3.05) is 12.3 Å². The van der Waals surface area contributed by atoms with E-state index >= 15 is 0 Å². The number of hydrogen-bond donors (Lipinski definition) is 2. The van der Waals surface area contributed by atoms with Gasteiger partial charge >= 0.3 is 0 Å². The van der Waals surface area contributed by atoms with Crippen LogP contribution in [0.1, 0.15) is 26.2 Å². The van der Waals surface area contributed by atoms with Gasteiger partial charge in [0.15, 0.2) is 0 Å². The summed E-state index contributed by atoms with van der Waals surface area (Å²) in [5.41, 5.74) is 0. The minimum atomic E-state index is -3.28. The average Bonchev–Trinajstić information content (AvgIpc) is 2.32. The maximum absolute atomic E-state index is 11.4. The van der Waals surface area contributed by atoms with Crippen LogP contribution in [0.4, 0.5) is 0 Å². The number of carbonyl (C=O) groups is 1. The second-order valence-corrected chi connectivity index (χ2v) is 5.40. The summed E-state index contributed by atoms with van der Waals surface area (Å²) in [4.78, 5) is 11.4. The van der Waals surface area contributed by atoms with Crippen molar-refractivity contribution in [1.82, 2.24) is 10.0 Å². The van der Waals surface area contributed by atoms with Crippen LogP contribution in [0.25, 0.3) is 0 Å². The van der Waals surface area contributed by atoms with E-state index in [0.717, 1.165) is 12.8 Å². The Morgan fingerprint density at radius 2 is 2.21 bits per heavy atom. The van der Waals surface area contributed by atoms with Crippen molar-refractivity contribution in [1.29, 1.82) is 0 Å². The molecule has 1 rings (SSSR count). The zero-order valence-corrected chi connectivity index (χ0v) is 9.06. The fraction of sp³-hybridized carbons (Fsp3) is 0.875. The highest BCUT2D eigenvalue weighted by molar-refractivity contribution is 7.89. The minimum Gasteiger partial charge on any atom is -0.355 e. The first-order valence-electron chi connectivity index (χ1n) is 4.83. The van der Waals surface area contributed by atoms with E-state index in [-0.39, 0.29) is 11.7 Å². The molecule has 0 radical (unpaired) electrons. The van der Waals surface area contributed by atoms with Gasteiger partial charge in [-0.3, -0.25) is 4.79 Å². The molecule has 82 valence electrons. The quantitative estimate of drug-likeness (QED) is 0.679. The monoisotopic (exact) mass is 220 g/mol. The minimum absolute atomic E-state index is 0.0107. The fourth-order valence-corrected chi connectivity index (χ4v) is 2.18. The van der Waals surface area contributed by atoms with Gasteiger partial charge in [-0.05, 0) is 26.2 Å². The lowest BCUT2D eigenvalue weighted by Gasteiger charge is -2.14. The first-order valence-corrected chi connectivity index (χ1v) is 6.48. The van der Waals surface area contributed by atoms with E-state index in [1.165, 1.54) is 0 Å². The lowest BCUT2D eigenvalue weighted by molar-refractivity contribution is -0.122. The topological polar surface area (TPSA) is 75.3 Å². The van der Waals surface area contributed by atoms with Crippen LogP contribution >= 0.6 is 0 Å². The number of sulfonamides is 1. The van der Waals surface area contributed by atoms with Crippen LogP contribution in [-0.2, 0) is 14.8 Å². The van der Waals surface area contributed by atoms with Crippen LogP contribution in [0.15, 0.2) is 0 Å². The number of nitrogens with one attached hydrogen (secondary N) is 2. The maximum atomic E-state index is 11.4. The lowest BCUT2D eigenvalue weighted by Crippen LogP contribution is -2.45. The predicted octanol–water partition coefficient (Wildman–Crippen LogP) is -0.406. The second-order valence-electron chi connectivity index (χ2n) is 3.36. The molecule has 0 aromatic rings. The normalized spacial score (nSPS) is 24.1. The summed E-state index contributed by atoms with van der Waals surface area (Å²) in [5.74, 6) is -0.198. The smallest absolute Gasteiger partial charge is 0.238 e. The maximum Gasteiger partial charge on any atom is 0.238 e. The van der Waals surface area contributed by atoms with E-state index in [1.54, 1.807) is 6.92 Å². The highest BCUT2D eigenvalue weighted by Crippen LogP contribution is 2.06. The highest BCUT2D eigenvalue weighted by Gasteiger charge is 2.24. The SMILES string of the molecule is CCS(=O)(=O)NC1CCCCNC1=O. The van der Waals surface area contributed by atoms with Crippen LogP contribution in [-0.4, -0.2) is 32.7 Å². The molecule has 0 aromatic carbocycles. The largest absolute Gasteiger partial charge is 0.355 e. The van der Waals surface area contributed by atoms with Crippen LogP contribution in [0, 0.1) is 0 Å². The van der Waals surface area contributed by atoms with Gasteiger partial charge in [0.25, 0.3) is 0 Å². The lowest BCUT2D eigenvalue weighted by atomic mass is 10.1. The molecule has 1 saturated heterocycles. The number of amides is 1. The van der Waals surface area contributed by atoms with E-state index in [4.69, 9.17) is 0 Å². The molecule has 1 aliphatic rings. The molecule has 14 heavy (non-hydrogen) atoms. The molecule has 1 fully saturated rings. The number of rotatable bonds is 3. The zero-order chi connectivity index (χ0) is 10.6. The molecule has 0 spiro atoms. The molecule has 0 aliphatic carbocycles. The van der Waals surface area contributed by atoms with E-state index in [2.05, 4.69) is 10.0 Å². The van der Waals surface area contributed by atoms with Gasteiger partial charge in [-0.2, -0.15) is 0 Å². The summed E-state index contributed by atoms with van der Waals surface area (Å²) >= 11 is 0. The highest BCUT2D eigenvalue weighted by atomic mass is 32.2. The Bertz CT molecular complexity index is 300. The Kier molecular flexibility index (Phi) is 3.88. The molecule has 1 atom stereocenters. The van der Waals surface area contributed by atoms with E-state index in [0.29, 0.717) is 13.0 Å². The van der Waals surface area contributed by atoms with Gasteiger partial charge in [0, 0.05) is 6.54 Å². The number of hydrogen-bond acceptors (Lipinski definition) is 3. The first-order chi connectivity index (χ1) is 6.55. The summed E-state index contributed by atoms with van der Waals surface area (Å²) in [6.45, 7) is 2.19. The summed E-state index contributed by atoms with van der Waals surface area (Å²) in [6.07, 6.45) is 2.37. The summed E-state index contributed by atoms with van der Waals surface area (Å²) in [5, 5.41) is 2.68. The van der Waals surface area contributed by atoms with Crippen molar-refractivity contribution in [3.63, 3.8) is 0 Å². The van der Waals surface area contributed by atoms with Gasteiger partial charge in [-0.25, -0.2) is 13.1 Å². The second kappa shape index (κ2) is 4.75. The molecule has 1 unspecified atom stereocenters. The molecule has 5 nitrogen and oxygen atoms in total. The zero-order valence-electron chi connectivity index (χ0n) is 8.25. The Hall–Kier alpha value is -0.620. The molecular formula is C8H16N2O3S. The molecule has 1 aliphatic heterocycles. The van der Waals surface area contributed by atoms with Crippen LogP contribution in [0.2, 0.25) is 0 Å². The summed E-state index contributed by atoms with van der Waals surface area (Å²) in [6, 6.07) is -0.581. The first kappa shape index (κ1) is 11.5. The summed E-state index contributed by atoms with van der Waals surface area (Å²) < 4.78 is 24.9. The Labute approximate surface area is 84.3 Å². The molecule has 0 saturated carbocycles. The Morgan fingerprint density at radius 3 is 2.86 bits per heavy atom. The third-order valence-corrected chi connectivity index (χ3v) is 3.64. The van der Waals surface area contributed by atoms with Crippen molar-refractivity contribution < 1.29 is 13.2 Å². The van der Waals surface area contributed by atoms with Crippen LogP contribution < -0.4 is 10.0 Å². The van der Waals surface area contributed by atoms with Gasteiger partial charge < -0.3 is 5.32 Å². The van der Waals surface area contributed by atoms with Crippen molar-refractivity contribution >= 4 is 15.9 Å². The summed E-state index contributed by atoms with van der Waals surface area (Å²) in [7, 11) is -3.28. The molecule has 1 heterocycles. The number of carbonyl (C=O) groups excluding carboxylic acids is 1. The molecule has 1 amide bonds. The van der Waals surface area contributed by atoms with Gasteiger partial charge in [-0.15, -0.1) is 0 Å². The average molecular weight is 220 g/mol. The van der Waals surface area contributed by atoms with Crippen molar-refractivity contribution in [3.8, 4) is 0 Å². The molecule has 0 aromatic heterocycles. The van der Waals surface area contributed by atoms with Gasteiger partial charge in [0.2, 0.25) is 15.9 Å². The molecular weight excluding hydrogens is 204 g/mol. The third kappa shape index (κ3) is 3.26. The molecule has 0 bridgehead atoms. The fourth-order valence-electron chi connectivity index (χ4n) is 1.35.